The Balaban J connectivity index is 4.27. The second-order valence-electron chi connectivity index (χ2n) is 17.8. The summed E-state index contributed by atoms with van der Waals surface area (Å²) in [6, 6.07) is 0. The average molecular weight is 881 g/mol. The van der Waals surface area contributed by atoms with Crippen LogP contribution in [0.15, 0.2) is 60.8 Å². The van der Waals surface area contributed by atoms with E-state index in [0.29, 0.717) is 19.3 Å². The van der Waals surface area contributed by atoms with Crippen LogP contribution in [-0.2, 0) is 28.6 Å². The molecule has 0 bridgehead atoms. The van der Waals surface area contributed by atoms with Gasteiger partial charge in [0.15, 0.2) is 6.10 Å². The highest BCUT2D eigenvalue weighted by Crippen LogP contribution is 2.14. The average Bonchev–Trinajstić information content (AvgIpc) is 3.28. The topological polar surface area (TPSA) is 78.9 Å². The molecule has 0 fully saturated rings. The number of hydrogen-bond acceptors (Lipinski definition) is 6. The molecule has 0 saturated carbocycles. The zero-order valence-corrected chi connectivity index (χ0v) is 41.6. The molecule has 0 aliphatic carbocycles. The maximum absolute atomic E-state index is 12.8. The van der Waals surface area contributed by atoms with Gasteiger partial charge < -0.3 is 14.2 Å². The van der Waals surface area contributed by atoms with Gasteiger partial charge in [0, 0.05) is 19.3 Å². The summed E-state index contributed by atoms with van der Waals surface area (Å²) >= 11 is 0. The van der Waals surface area contributed by atoms with E-state index in [4.69, 9.17) is 14.2 Å². The number of carbonyl (C=O) groups excluding carboxylic acids is 3. The monoisotopic (exact) mass is 881 g/mol. The van der Waals surface area contributed by atoms with Crippen molar-refractivity contribution in [3.63, 3.8) is 0 Å². The van der Waals surface area contributed by atoms with Crippen LogP contribution in [0.2, 0.25) is 0 Å². The summed E-state index contributed by atoms with van der Waals surface area (Å²) in [5, 5.41) is 0. The SMILES string of the molecule is CCCCC/C=C\C/C=C\CCCCCCCCCC(=O)OC(COC(=O)CCCCCCCCC)COC(=O)CCCCCCCC/C=C\C/C=C\C/C=C\CCCCCCC. The minimum Gasteiger partial charge on any atom is -0.462 e. The van der Waals surface area contributed by atoms with E-state index in [1.165, 1.54) is 135 Å². The van der Waals surface area contributed by atoms with Crippen LogP contribution in [-0.4, -0.2) is 37.2 Å². The van der Waals surface area contributed by atoms with E-state index in [0.717, 1.165) is 89.9 Å². The van der Waals surface area contributed by atoms with Crippen molar-refractivity contribution in [1.82, 2.24) is 0 Å². The highest BCUT2D eigenvalue weighted by molar-refractivity contribution is 5.71. The minimum absolute atomic E-state index is 0.0812. The summed E-state index contributed by atoms with van der Waals surface area (Å²) in [7, 11) is 0. The van der Waals surface area contributed by atoms with Gasteiger partial charge in [-0.3, -0.25) is 14.4 Å². The van der Waals surface area contributed by atoms with Gasteiger partial charge in [-0.25, -0.2) is 0 Å². The first-order chi connectivity index (χ1) is 31.0. The van der Waals surface area contributed by atoms with Gasteiger partial charge in [-0.1, -0.05) is 216 Å². The Morgan fingerprint density at radius 2 is 0.571 bits per heavy atom. The summed E-state index contributed by atoms with van der Waals surface area (Å²) in [6.07, 6.45) is 63.6. The predicted octanol–water partition coefficient (Wildman–Crippen LogP) is 17.6. The van der Waals surface area contributed by atoms with Crippen LogP contribution < -0.4 is 0 Å². The van der Waals surface area contributed by atoms with Crippen LogP contribution in [0.4, 0.5) is 0 Å². The number of hydrogen-bond donors (Lipinski definition) is 0. The van der Waals surface area contributed by atoms with Gasteiger partial charge in [0.25, 0.3) is 0 Å². The van der Waals surface area contributed by atoms with Crippen molar-refractivity contribution in [1.29, 1.82) is 0 Å². The normalized spacial score (nSPS) is 12.5. The number of rotatable bonds is 48. The molecule has 0 aliphatic rings. The van der Waals surface area contributed by atoms with E-state index in [-0.39, 0.29) is 31.1 Å². The lowest BCUT2D eigenvalue weighted by atomic mass is 10.1. The summed E-state index contributed by atoms with van der Waals surface area (Å²) in [5.41, 5.74) is 0. The predicted molar refractivity (Wildman–Crippen MR) is 270 cm³/mol. The zero-order valence-electron chi connectivity index (χ0n) is 41.6. The Morgan fingerprint density at radius 1 is 0.317 bits per heavy atom. The van der Waals surface area contributed by atoms with E-state index in [1.807, 2.05) is 0 Å². The summed E-state index contributed by atoms with van der Waals surface area (Å²) in [6.45, 7) is 6.55. The Kier molecular flexibility index (Phi) is 49.4. The van der Waals surface area contributed by atoms with Gasteiger partial charge in [-0.15, -0.1) is 0 Å². The number of esters is 3. The van der Waals surface area contributed by atoms with Crippen LogP contribution in [0.25, 0.3) is 0 Å². The van der Waals surface area contributed by atoms with E-state index in [1.54, 1.807) is 0 Å². The van der Waals surface area contributed by atoms with Crippen molar-refractivity contribution in [3.05, 3.63) is 60.8 Å². The maximum Gasteiger partial charge on any atom is 0.306 e. The second kappa shape index (κ2) is 51.7. The van der Waals surface area contributed by atoms with Gasteiger partial charge in [0.2, 0.25) is 0 Å². The molecule has 0 spiro atoms. The molecule has 0 aromatic heterocycles. The molecule has 0 saturated heterocycles. The van der Waals surface area contributed by atoms with Crippen molar-refractivity contribution in [2.45, 2.75) is 271 Å². The standard InChI is InChI=1S/C57H100O6/c1-4-7-10-13-16-18-20-22-24-26-27-28-29-31-32-34-36-38-41-44-47-50-56(59)62-53-54(52-61-55(58)49-46-43-40-15-12-9-6-3)63-57(60)51-48-45-42-39-37-35-33-30-25-23-21-19-17-14-11-8-5-2/h17,19-20,22-23,25-27,29,31,54H,4-16,18,21,24,28,30,32-53H2,1-3H3/b19-17-,22-20-,25-23-,27-26-,31-29-. The third-order valence-corrected chi connectivity index (χ3v) is 11.5. The van der Waals surface area contributed by atoms with Gasteiger partial charge in [-0.2, -0.15) is 0 Å². The lowest BCUT2D eigenvalue weighted by molar-refractivity contribution is -0.167. The molecule has 0 amide bonds. The molecular formula is C57H100O6. The minimum atomic E-state index is -0.780. The van der Waals surface area contributed by atoms with E-state index >= 15 is 0 Å². The van der Waals surface area contributed by atoms with Crippen molar-refractivity contribution in [2.24, 2.45) is 0 Å². The smallest absolute Gasteiger partial charge is 0.306 e. The van der Waals surface area contributed by atoms with Gasteiger partial charge in [-0.05, 0) is 89.9 Å². The molecule has 1 atom stereocenters. The maximum atomic E-state index is 12.8. The number of carbonyl (C=O) groups is 3. The van der Waals surface area contributed by atoms with Crippen LogP contribution in [0, 0.1) is 0 Å². The number of ether oxygens (including phenoxy) is 3. The van der Waals surface area contributed by atoms with Gasteiger partial charge >= 0.3 is 17.9 Å². The van der Waals surface area contributed by atoms with Gasteiger partial charge in [0.1, 0.15) is 13.2 Å². The zero-order chi connectivity index (χ0) is 45.8. The third kappa shape index (κ3) is 50.0. The Labute approximate surface area is 390 Å². The molecule has 63 heavy (non-hydrogen) atoms. The Morgan fingerprint density at radius 3 is 0.921 bits per heavy atom. The fourth-order valence-electron chi connectivity index (χ4n) is 7.42. The molecule has 0 aliphatic heterocycles. The third-order valence-electron chi connectivity index (χ3n) is 11.5. The van der Waals surface area contributed by atoms with Crippen molar-refractivity contribution in [3.8, 4) is 0 Å². The fraction of sp³-hybridized carbons (Fsp3) is 0.772. The van der Waals surface area contributed by atoms with Crippen molar-refractivity contribution < 1.29 is 28.6 Å². The molecule has 0 N–H and O–H groups in total. The molecule has 364 valence electrons. The molecule has 0 radical (unpaired) electrons. The quantitative estimate of drug-likeness (QED) is 0.0262. The van der Waals surface area contributed by atoms with Crippen molar-refractivity contribution >= 4 is 17.9 Å². The molecule has 0 aromatic rings. The fourth-order valence-corrected chi connectivity index (χ4v) is 7.42. The van der Waals surface area contributed by atoms with Crippen molar-refractivity contribution in [2.75, 3.05) is 13.2 Å². The molecule has 1 unspecified atom stereocenters. The first-order valence-corrected chi connectivity index (χ1v) is 26.8. The summed E-state index contributed by atoms with van der Waals surface area (Å²) < 4.78 is 16.7. The molecule has 0 heterocycles. The highest BCUT2D eigenvalue weighted by Gasteiger charge is 2.19. The Bertz CT molecular complexity index is 1150. The lowest BCUT2D eigenvalue weighted by Crippen LogP contribution is -2.30. The summed E-state index contributed by atoms with van der Waals surface area (Å²) in [4.78, 5) is 37.8. The van der Waals surface area contributed by atoms with E-state index in [2.05, 4.69) is 81.5 Å². The first kappa shape index (κ1) is 60.1. The second-order valence-corrected chi connectivity index (χ2v) is 17.8. The number of unbranched alkanes of at least 4 members (excludes halogenated alkanes) is 27. The van der Waals surface area contributed by atoms with Crippen LogP contribution in [0.1, 0.15) is 265 Å². The molecular weight excluding hydrogens is 781 g/mol. The van der Waals surface area contributed by atoms with Crippen LogP contribution >= 0.6 is 0 Å². The van der Waals surface area contributed by atoms with E-state index < -0.39 is 6.10 Å². The van der Waals surface area contributed by atoms with Crippen LogP contribution in [0.5, 0.6) is 0 Å². The lowest BCUT2D eigenvalue weighted by Gasteiger charge is -2.18. The Hall–Kier alpha value is -2.89. The number of allylic oxidation sites excluding steroid dienone is 10. The molecule has 6 heteroatoms. The molecule has 0 aromatic carbocycles. The van der Waals surface area contributed by atoms with Gasteiger partial charge in [0.05, 0.1) is 0 Å². The van der Waals surface area contributed by atoms with Crippen LogP contribution in [0.3, 0.4) is 0 Å². The molecule has 6 nitrogen and oxygen atoms in total. The first-order valence-electron chi connectivity index (χ1n) is 26.8. The highest BCUT2D eigenvalue weighted by atomic mass is 16.6. The van der Waals surface area contributed by atoms with E-state index in [9.17, 15) is 14.4 Å². The molecule has 0 rings (SSSR count). The largest absolute Gasteiger partial charge is 0.462 e. The summed E-state index contributed by atoms with van der Waals surface area (Å²) in [5.74, 6) is -0.904.